The third-order valence-electron chi connectivity index (χ3n) is 5.00. The van der Waals surface area contributed by atoms with Gasteiger partial charge in [-0.05, 0) is 87.3 Å². The average Bonchev–Trinajstić information content (AvgIpc) is 2.75. The standard InChI is InChI=1S/C24H35ClN2O2/c1-28-23-12-9-21(19-24(23)29-2)14-18-27-16-6-4-3-5-15-26-17-13-20-7-10-22(25)11-8-20/h7-12,19,26-27H,3-6,13-18H2,1-2H3. The molecule has 0 unspecified atom stereocenters. The van der Waals surface area contributed by atoms with E-state index in [4.69, 9.17) is 21.1 Å². The Morgan fingerprint density at radius 2 is 1.21 bits per heavy atom. The molecule has 0 aromatic heterocycles. The Kier molecular flexibility index (Phi) is 11.6. The van der Waals surface area contributed by atoms with Gasteiger partial charge in [0, 0.05) is 5.02 Å². The van der Waals surface area contributed by atoms with Crippen molar-refractivity contribution >= 4 is 11.6 Å². The maximum atomic E-state index is 5.90. The summed E-state index contributed by atoms with van der Waals surface area (Å²) in [6, 6.07) is 14.2. The summed E-state index contributed by atoms with van der Waals surface area (Å²) in [5.74, 6) is 1.58. The van der Waals surface area contributed by atoms with Crippen molar-refractivity contribution in [3.05, 3.63) is 58.6 Å². The predicted molar refractivity (Wildman–Crippen MR) is 123 cm³/mol. The van der Waals surface area contributed by atoms with E-state index in [1.165, 1.54) is 36.8 Å². The molecule has 2 rings (SSSR count). The first-order chi connectivity index (χ1) is 14.2. The summed E-state index contributed by atoms with van der Waals surface area (Å²) in [5.41, 5.74) is 2.60. The second kappa shape index (κ2) is 14.3. The normalized spacial score (nSPS) is 10.9. The number of benzene rings is 2. The molecular formula is C24H35ClN2O2. The molecule has 0 aliphatic heterocycles. The zero-order valence-corrected chi connectivity index (χ0v) is 18.6. The van der Waals surface area contributed by atoms with Crippen molar-refractivity contribution in [3.8, 4) is 11.5 Å². The minimum absolute atomic E-state index is 0.781. The van der Waals surface area contributed by atoms with Gasteiger partial charge in [0.15, 0.2) is 11.5 Å². The molecule has 0 aliphatic rings. The van der Waals surface area contributed by atoms with Crippen LogP contribution in [-0.2, 0) is 12.8 Å². The van der Waals surface area contributed by atoms with Crippen LogP contribution in [0.15, 0.2) is 42.5 Å². The zero-order valence-electron chi connectivity index (χ0n) is 17.8. The topological polar surface area (TPSA) is 42.5 Å². The largest absolute Gasteiger partial charge is 0.493 e. The van der Waals surface area contributed by atoms with E-state index in [1.807, 2.05) is 18.2 Å². The molecule has 0 heterocycles. The van der Waals surface area contributed by atoms with Gasteiger partial charge in [-0.25, -0.2) is 0 Å². The Bertz CT molecular complexity index is 692. The lowest BCUT2D eigenvalue weighted by molar-refractivity contribution is 0.354. The molecule has 29 heavy (non-hydrogen) atoms. The van der Waals surface area contributed by atoms with E-state index < -0.39 is 0 Å². The van der Waals surface area contributed by atoms with E-state index in [0.717, 1.165) is 55.5 Å². The molecule has 0 spiro atoms. The number of rotatable bonds is 15. The molecule has 0 fully saturated rings. The monoisotopic (exact) mass is 418 g/mol. The third kappa shape index (κ3) is 9.53. The first-order valence-electron chi connectivity index (χ1n) is 10.6. The number of halogens is 1. The highest BCUT2D eigenvalue weighted by Crippen LogP contribution is 2.27. The van der Waals surface area contributed by atoms with E-state index in [1.54, 1.807) is 14.2 Å². The summed E-state index contributed by atoms with van der Waals surface area (Å²) in [6.45, 7) is 4.19. The van der Waals surface area contributed by atoms with Gasteiger partial charge in [0.1, 0.15) is 0 Å². The second-order valence-corrected chi connectivity index (χ2v) is 7.67. The fourth-order valence-electron chi connectivity index (χ4n) is 3.26. The highest BCUT2D eigenvalue weighted by Gasteiger charge is 2.04. The fourth-order valence-corrected chi connectivity index (χ4v) is 3.38. The maximum absolute atomic E-state index is 5.90. The highest BCUT2D eigenvalue weighted by atomic mass is 35.5. The highest BCUT2D eigenvalue weighted by molar-refractivity contribution is 6.30. The molecule has 0 aliphatic carbocycles. The lowest BCUT2D eigenvalue weighted by atomic mass is 10.1. The molecule has 0 amide bonds. The van der Waals surface area contributed by atoms with Crippen LogP contribution >= 0.6 is 11.6 Å². The number of methoxy groups -OCH3 is 2. The van der Waals surface area contributed by atoms with E-state index in [0.29, 0.717) is 0 Å². The Morgan fingerprint density at radius 1 is 0.655 bits per heavy atom. The van der Waals surface area contributed by atoms with Crippen molar-refractivity contribution in [1.82, 2.24) is 10.6 Å². The Morgan fingerprint density at radius 3 is 1.79 bits per heavy atom. The van der Waals surface area contributed by atoms with Crippen LogP contribution in [0.25, 0.3) is 0 Å². The molecule has 0 saturated carbocycles. The summed E-state index contributed by atoms with van der Waals surface area (Å²) >= 11 is 5.90. The van der Waals surface area contributed by atoms with Crippen molar-refractivity contribution in [2.75, 3.05) is 40.4 Å². The molecule has 5 heteroatoms. The van der Waals surface area contributed by atoms with Gasteiger partial charge in [0.2, 0.25) is 0 Å². The molecule has 160 valence electrons. The lowest BCUT2D eigenvalue weighted by Gasteiger charge is -2.10. The van der Waals surface area contributed by atoms with Crippen LogP contribution in [0.4, 0.5) is 0 Å². The van der Waals surface area contributed by atoms with Crippen LogP contribution < -0.4 is 20.1 Å². The minimum atomic E-state index is 0.781. The van der Waals surface area contributed by atoms with Crippen molar-refractivity contribution < 1.29 is 9.47 Å². The number of hydrogen-bond donors (Lipinski definition) is 2. The number of ether oxygens (including phenoxy) is 2. The molecule has 0 bridgehead atoms. The van der Waals surface area contributed by atoms with Crippen molar-refractivity contribution in [2.24, 2.45) is 0 Å². The van der Waals surface area contributed by atoms with Crippen LogP contribution in [0.5, 0.6) is 11.5 Å². The first-order valence-corrected chi connectivity index (χ1v) is 11.0. The number of nitrogens with one attached hydrogen (secondary N) is 2. The second-order valence-electron chi connectivity index (χ2n) is 7.23. The van der Waals surface area contributed by atoms with Gasteiger partial charge >= 0.3 is 0 Å². The maximum Gasteiger partial charge on any atom is 0.160 e. The summed E-state index contributed by atoms with van der Waals surface area (Å²) in [6.07, 6.45) is 7.09. The van der Waals surface area contributed by atoms with Crippen LogP contribution in [0.2, 0.25) is 5.02 Å². The average molecular weight is 419 g/mol. The van der Waals surface area contributed by atoms with Gasteiger partial charge in [-0.1, -0.05) is 42.6 Å². The summed E-state index contributed by atoms with van der Waals surface area (Å²) in [4.78, 5) is 0. The van der Waals surface area contributed by atoms with E-state index in [-0.39, 0.29) is 0 Å². The molecule has 2 aromatic rings. The molecule has 2 aromatic carbocycles. The van der Waals surface area contributed by atoms with Crippen molar-refractivity contribution in [1.29, 1.82) is 0 Å². The third-order valence-corrected chi connectivity index (χ3v) is 5.25. The molecule has 0 radical (unpaired) electrons. The lowest BCUT2D eigenvalue weighted by Crippen LogP contribution is -2.19. The van der Waals surface area contributed by atoms with E-state index in [9.17, 15) is 0 Å². The number of hydrogen-bond acceptors (Lipinski definition) is 4. The smallest absolute Gasteiger partial charge is 0.160 e. The van der Waals surface area contributed by atoms with Crippen molar-refractivity contribution in [3.63, 3.8) is 0 Å². The SMILES string of the molecule is COc1ccc(CCNCCCCCCNCCc2ccc(Cl)cc2)cc1OC. The van der Waals surface area contributed by atoms with Gasteiger partial charge in [-0.2, -0.15) is 0 Å². The Hall–Kier alpha value is -1.75. The van der Waals surface area contributed by atoms with Crippen LogP contribution in [0.3, 0.4) is 0 Å². The molecular weight excluding hydrogens is 384 g/mol. The zero-order chi connectivity index (χ0) is 20.7. The number of unbranched alkanes of at least 4 members (excludes halogenated alkanes) is 3. The van der Waals surface area contributed by atoms with E-state index >= 15 is 0 Å². The van der Waals surface area contributed by atoms with Gasteiger partial charge in [-0.3, -0.25) is 0 Å². The molecule has 0 saturated heterocycles. The molecule has 0 atom stereocenters. The molecule has 2 N–H and O–H groups in total. The first kappa shape index (κ1) is 23.5. The Balaban J connectivity index is 1.41. The Labute approximate surface area is 180 Å². The van der Waals surface area contributed by atoms with Gasteiger partial charge in [0.05, 0.1) is 14.2 Å². The van der Waals surface area contributed by atoms with Gasteiger partial charge < -0.3 is 20.1 Å². The summed E-state index contributed by atoms with van der Waals surface area (Å²) in [5, 5.41) is 7.87. The fraction of sp³-hybridized carbons (Fsp3) is 0.500. The molecule has 4 nitrogen and oxygen atoms in total. The summed E-state index contributed by atoms with van der Waals surface area (Å²) in [7, 11) is 3.34. The van der Waals surface area contributed by atoms with Crippen molar-refractivity contribution in [2.45, 2.75) is 38.5 Å². The van der Waals surface area contributed by atoms with Crippen LogP contribution in [0, 0.1) is 0 Å². The predicted octanol–water partition coefficient (Wildman–Crippen LogP) is 4.88. The summed E-state index contributed by atoms with van der Waals surface area (Å²) < 4.78 is 10.6. The van der Waals surface area contributed by atoms with Crippen LogP contribution in [0.1, 0.15) is 36.8 Å². The van der Waals surface area contributed by atoms with Gasteiger partial charge in [0.25, 0.3) is 0 Å². The van der Waals surface area contributed by atoms with E-state index in [2.05, 4.69) is 34.9 Å². The quantitative estimate of drug-likeness (QED) is 0.404. The minimum Gasteiger partial charge on any atom is -0.493 e. The van der Waals surface area contributed by atoms with Crippen LogP contribution in [-0.4, -0.2) is 40.4 Å². The van der Waals surface area contributed by atoms with Gasteiger partial charge in [-0.15, -0.1) is 0 Å².